The van der Waals surface area contributed by atoms with Gasteiger partial charge in [-0.1, -0.05) is 18.2 Å². The summed E-state index contributed by atoms with van der Waals surface area (Å²) in [6, 6.07) is 17.1. The van der Waals surface area contributed by atoms with E-state index in [-0.39, 0.29) is 0 Å². The van der Waals surface area contributed by atoms with Gasteiger partial charge >= 0.3 is 0 Å². The lowest BCUT2D eigenvalue weighted by Gasteiger charge is -2.07. The van der Waals surface area contributed by atoms with Gasteiger partial charge in [0, 0.05) is 11.3 Å². The lowest BCUT2D eigenvalue weighted by atomic mass is 10.2. The Morgan fingerprint density at radius 1 is 1.00 bits per heavy atom. The van der Waals surface area contributed by atoms with Gasteiger partial charge in [-0.3, -0.25) is 0 Å². The van der Waals surface area contributed by atoms with Crippen molar-refractivity contribution in [3.05, 3.63) is 54.6 Å². The van der Waals surface area contributed by atoms with Crippen molar-refractivity contribution in [1.82, 2.24) is 20.2 Å². The fourth-order valence-corrected chi connectivity index (χ4v) is 1.96. The Hall–Kier alpha value is -2.89. The van der Waals surface area contributed by atoms with E-state index in [9.17, 15) is 0 Å². The van der Waals surface area contributed by atoms with Crippen LogP contribution in [0.2, 0.25) is 0 Å². The summed E-state index contributed by atoms with van der Waals surface area (Å²) in [7, 11) is 0. The molecule has 0 aliphatic rings. The van der Waals surface area contributed by atoms with Crippen LogP contribution < -0.4 is 10.5 Å². The van der Waals surface area contributed by atoms with Gasteiger partial charge in [0.15, 0.2) is 5.82 Å². The van der Waals surface area contributed by atoms with E-state index in [2.05, 4.69) is 15.5 Å². The van der Waals surface area contributed by atoms with Crippen molar-refractivity contribution in [3.63, 3.8) is 0 Å². The van der Waals surface area contributed by atoms with Crippen molar-refractivity contribution in [2.45, 2.75) is 6.54 Å². The van der Waals surface area contributed by atoms with Crippen LogP contribution in [-0.2, 0) is 6.54 Å². The van der Waals surface area contributed by atoms with Gasteiger partial charge in [0.05, 0.1) is 6.54 Å². The molecule has 0 fully saturated rings. The fourth-order valence-electron chi connectivity index (χ4n) is 1.96. The zero-order valence-corrected chi connectivity index (χ0v) is 11.4. The highest BCUT2D eigenvalue weighted by molar-refractivity contribution is 5.58. The van der Waals surface area contributed by atoms with E-state index >= 15 is 0 Å². The molecule has 3 aromatic rings. The van der Waals surface area contributed by atoms with Crippen LogP contribution >= 0.6 is 0 Å². The van der Waals surface area contributed by atoms with Crippen LogP contribution in [0.1, 0.15) is 0 Å². The molecule has 0 radical (unpaired) electrons. The molecular formula is C15H15N5O. The predicted molar refractivity (Wildman–Crippen MR) is 79.6 cm³/mol. The lowest BCUT2D eigenvalue weighted by molar-refractivity contribution is 0.290. The number of aromatic nitrogens is 4. The number of rotatable bonds is 5. The molecule has 6 heteroatoms. The Balaban J connectivity index is 1.67. The number of hydrogen-bond donors (Lipinski definition) is 1. The molecule has 0 amide bonds. The Kier molecular flexibility index (Phi) is 3.77. The third-order valence-corrected chi connectivity index (χ3v) is 3.02. The van der Waals surface area contributed by atoms with Crippen LogP contribution in [0.5, 0.6) is 5.75 Å². The fraction of sp³-hybridized carbons (Fsp3) is 0.133. The molecule has 3 rings (SSSR count). The van der Waals surface area contributed by atoms with Crippen LogP contribution in [0.4, 0.5) is 5.69 Å². The maximum Gasteiger partial charge on any atom is 0.182 e. The molecule has 2 N–H and O–H groups in total. The Labute approximate surface area is 122 Å². The first kappa shape index (κ1) is 13.1. The first-order valence-corrected chi connectivity index (χ1v) is 6.63. The monoisotopic (exact) mass is 281 g/mol. The molecule has 6 nitrogen and oxygen atoms in total. The largest absolute Gasteiger partial charge is 0.492 e. The third kappa shape index (κ3) is 3.17. The van der Waals surface area contributed by atoms with Gasteiger partial charge in [-0.15, -0.1) is 5.10 Å². The molecule has 1 heterocycles. The van der Waals surface area contributed by atoms with Crippen molar-refractivity contribution in [2.24, 2.45) is 0 Å². The highest BCUT2D eigenvalue weighted by atomic mass is 16.5. The normalized spacial score (nSPS) is 10.5. The molecule has 0 aliphatic carbocycles. The van der Waals surface area contributed by atoms with Gasteiger partial charge in [0.25, 0.3) is 0 Å². The van der Waals surface area contributed by atoms with Gasteiger partial charge < -0.3 is 10.5 Å². The maximum atomic E-state index is 5.68. The summed E-state index contributed by atoms with van der Waals surface area (Å²) in [5.41, 5.74) is 7.32. The minimum atomic E-state index is 0.497. The number of anilines is 1. The number of benzene rings is 2. The minimum absolute atomic E-state index is 0.497. The summed E-state index contributed by atoms with van der Waals surface area (Å²) in [4.78, 5) is 0. The summed E-state index contributed by atoms with van der Waals surface area (Å²) in [6.07, 6.45) is 0. The van der Waals surface area contributed by atoms with Crippen molar-refractivity contribution >= 4 is 5.69 Å². The average Bonchev–Trinajstić information content (AvgIpc) is 2.98. The van der Waals surface area contributed by atoms with Crippen molar-refractivity contribution in [1.29, 1.82) is 0 Å². The quantitative estimate of drug-likeness (QED) is 0.724. The molecule has 21 heavy (non-hydrogen) atoms. The molecule has 0 saturated carbocycles. The zero-order valence-electron chi connectivity index (χ0n) is 11.4. The highest BCUT2D eigenvalue weighted by Gasteiger charge is 2.08. The molecule has 0 saturated heterocycles. The standard InChI is InChI=1S/C15H15N5O/c16-13-8-6-12(7-9-13)15-17-18-19-20(15)10-11-21-14-4-2-1-3-5-14/h1-9H,10-11,16H2. The van der Waals surface area contributed by atoms with E-state index in [1.165, 1.54) is 0 Å². The number of hydrogen-bond acceptors (Lipinski definition) is 5. The maximum absolute atomic E-state index is 5.68. The van der Waals surface area contributed by atoms with Crippen LogP contribution in [0.3, 0.4) is 0 Å². The SMILES string of the molecule is Nc1ccc(-c2nnnn2CCOc2ccccc2)cc1. The number of para-hydroxylation sites is 1. The first-order valence-electron chi connectivity index (χ1n) is 6.63. The molecule has 0 aliphatic heterocycles. The van der Waals surface area contributed by atoms with E-state index in [4.69, 9.17) is 10.5 Å². The van der Waals surface area contributed by atoms with E-state index in [1.54, 1.807) is 4.68 Å². The average molecular weight is 281 g/mol. The number of tetrazole rings is 1. The van der Waals surface area contributed by atoms with Crippen LogP contribution in [0.25, 0.3) is 11.4 Å². The van der Waals surface area contributed by atoms with Crippen LogP contribution in [0, 0.1) is 0 Å². The minimum Gasteiger partial charge on any atom is -0.492 e. The van der Waals surface area contributed by atoms with Crippen molar-refractivity contribution < 1.29 is 4.74 Å². The second-order valence-electron chi connectivity index (χ2n) is 4.51. The summed E-state index contributed by atoms with van der Waals surface area (Å²) in [5.74, 6) is 1.53. The second kappa shape index (κ2) is 6.04. The van der Waals surface area contributed by atoms with Gasteiger partial charge in [-0.2, -0.15) is 0 Å². The lowest BCUT2D eigenvalue weighted by Crippen LogP contribution is -2.11. The van der Waals surface area contributed by atoms with Crippen molar-refractivity contribution in [3.8, 4) is 17.1 Å². The molecular weight excluding hydrogens is 266 g/mol. The van der Waals surface area contributed by atoms with E-state index in [1.807, 2.05) is 54.6 Å². The highest BCUT2D eigenvalue weighted by Crippen LogP contribution is 2.17. The van der Waals surface area contributed by atoms with Gasteiger partial charge in [0.1, 0.15) is 12.4 Å². The summed E-state index contributed by atoms with van der Waals surface area (Å²) < 4.78 is 7.37. The smallest absolute Gasteiger partial charge is 0.182 e. The van der Waals surface area contributed by atoms with E-state index in [0.29, 0.717) is 24.7 Å². The molecule has 1 aromatic heterocycles. The number of ether oxygens (including phenoxy) is 1. The Morgan fingerprint density at radius 2 is 1.76 bits per heavy atom. The summed E-state index contributed by atoms with van der Waals surface area (Å²) in [5, 5.41) is 11.8. The predicted octanol–water partition coefficient (Wildman–Crippen LogP) is 2.00. The summed E-state index contributed by atoms with van der Waals surface area (Å²) in [6.45, 7) is 1.07. The number of nitrogens with zero attached hydrogens (tertiary/aromatic N) is 4. The van der Waals surface area contributed by atoms with Gasteiger partial charge in [-0.05, 0) is 46.8 Å². The second-order valence-corrected chi connectivity index (χ2v) is 4.51. The molecule has 2 aromatic carbocycles. The molecule has 0 spiro atoms. The van der Waals surface area contributed by atoms with Crippen LogP contribution in [0.15, 0.2) is 54.6 Å². The first-order chi connectivity index (χ1) is 10.3. The van der Waals surface area contributed by atoms with E-state index in [0.717, 1.165) is 11.3 Å². The van der Waals surface area contributed by atoms with Gasteiger partial charge in [-0.25, -0.2) is 4.68 Å². The van der Waals surface area contributed by atoms with E-state index < -0.39 is 0 Å². The van der Waals surface area contributed by atoms with Crippen LogP contribution in [-0.4, -0.2) is 26.8 Å². The Bertz CT molecular complexity index is 694. The zero-order chi connectivity index (χ0) is 14.5. The number of nitrogens with two attached hydrogens (primary N) is 1. The molecule has 0 atom stereocenters. The third-order valence-electron chi connectivity index (χ3n) is 3.02. The molecule has 0 unspecified atom stereocenters. The summed E-state index contributed by atoms with van der Waals surface area (Å²) >= 11 is 0. The number of nitrogen functional groups attached to an aromatic ring is 1. The Morgan fingerprint density at radius 3 is 2.52 bits per heavy atom. The topological polar surface area (TPSA) is 78.9 Å². The van der Waals surface area contributed by atoms with Crippen molar-refractivity contribution in [2.75, 3.05) is 12.3 Å². The molecule has 0 bridgehead atoms. The van der Waals surface area contributed by atoms with Gasteiger partial charge in [0.2, 0.25) is 0 Å². The molecule has 106 valence electrons.